The first-order valence-corrected chi connectivity index (χ1v) is 10.00. The van der Waals surface area contributed by atoms with E-state index < -0.39 is 0 Å². The number of nitrogens with zero attached hydrogens (tertiary/aromatic N) is 4. The van der Waals surface area contributed by atoms with Gasteiger partial charge in [-0.1, -0.05) is 19.8 Å². The molecular formula is C18H25N5OS. The summed E-state index contributed by atoms with van der Waals surface area (Å²) in [6.07, 6.45) is 5.71. The van der Waals surface area contributed by atoms with Crippen LogP contribution in [0.25, 0.3) is 10.2 Å². The van der Waals surface area contributed by atoms with Crippen molar-refractivity contribution in [2.24, 2.45) is 0 Å². The summed E-state index contributed by atoms with van der Waals surface area (Å²) in [7, 11) is 1.91. The van der Waals surface area contributed by atoms with Gasteiger partial charge in [0.05, 0.1) is 5.39 Å². The van der Waals surface area contributed by atoms with Crippen molar-refractivity contribution in [1.29, 1.82) is 0 Å². The lowest BCUT2D eigenvalue weighted by atomic mass is 10.0. The number of hydrogen-bond acceptors (Lipinski definition) is 6. The second-order valence-corrected chi connectivity index (χ2v) is 8.00. The molecule has 2 aromatic rings. The molecule has 2 aliphatic heterocycles. The third kappa shape index (κ3) is 2.89. The molecule has 7 heteroatoms. The second kappa shape index (κ2) is 6.88. The van der Waals surface area contributed by atoms with E-state index in [1.165, 1.54) is 15.8 Å². The van der Waals surface area contributed by atoms with Crippen LogP contribution in [0.5, 0.6) is 0 Å². The van der Waals surface area contributed by atoms with Crippen molar-refractivity contribution in [2.45, 2.75) is 45.2 Å². The molecule has 4 heterocycles. The molecule has 1 fully saturated rings. The van der Waals surface area contributed by atoms with E-state index in [0.717, 1.165) is 62.5 Å². The van der Waals surface area contributed by atoms with Crippen LogP contribution >= 0.6 is 11.3 Å². The van der Waals surface area contributed by atoms with Crippen LogP contribution in [0.4, 0.5) is 5.82 Å². The summed E-state index contributed by atoms with van der Waals surface area (Å²) in [6.45, 7) is 5.67. The van der Waals surface area contributed by atoms with Crippen LogP contribution in [0, 0.1) is 0 Å². The summed E-state index contributed by atoms with van der Waals surface area (Å²) in [5.41, 5.74) is 1.38. The van der Waals surface area contributed by atoms with Crippen LogP contribution in [-0.4, -0.2) is 53.5 Å². The number of piperazine rings is 1. The molecule has 0 aliphatic carbocycles. The monoisotopic (exact) mass is 359 g/mol. The average molecular weight is 359 g/mol. The first-order chi connectivity index (χ1) is 12.2. The van der Waals surface area contributed by atoms with E-state index in [0.29, 0.717) is 0 Å². The zero-order chi connectivity index (χ0) is 17.4. The summed E-state index contributed by atoms with van der Waals surface area (Å²) >= 11 is 1.76. The molecule has 0 bridgehead atoms. The molecule has 0 aromatic carbocycles. The van der Waals surface area contributed by atoms with Crippen molar-refractivity contribution < 1.29 is 4.79 Å². The third-order valence-electron chi connectivity index (χ3n) is 5.31. The minimum Gasteiger partial charge on any atom is -0.342 e. The van der Waals surface area contributed by atoms with Gasteiger partial charge in [0.25, 0.3) is 0 Å². The molecule has 4 rings (SSSR count). The number of unbranched alkanes of at least 4 members (excludes halogenated alkanes) is 1. The Morgan fingerprint density at radius 3 is 3.08 bits per heavy atom. The van der Waals surface area contributed by atoms with E-state index in [4.69, 9.17) is 0 Å². The highest BCUT2D eigenvalue weighted by Gasteiger charge is 2.35. The molecule has 6 nitrogen and oxygen atoms in total. The fourth-order valence-electron chi connectivity index (χ4n) is 3.90. The van der Waals surface area contributed by atoms with E-state index >= 15 is 0 Å². The minimum atomic E-state index is -0.103. The van der Waals surface area contributed by atoms with Crippen molar-refractivity contribution in [3.05, 3.63) is 16.8 Å². The standard InChI is InChI=1S/C18H25N5OS/c1-3-4-5-13-18(24)22(2)8-9-23(13)16-15-12-6-7-19-10-14(12)25-17(15)21-11-20-16/h11,13,19H,3-10H2,1-2H3/t13-/m1/s1. The number of carbonyl (C=O) groups is 1. The summed E-state index contributed by atoms with van der Waals surface area (Å²) in [6, 6.07) is -0.103. The third-order valence-corrected chi connectivity index (χ3v) is 6.45. The van der Waals surface area contributed by atoms with E-state index in [-0.39, 0.29) is 11.9 Å². The number of anilines is 1. The molecule has 1 amide bonds. The lowest BCUT2D eigenvalue weighted by Crippen LogP contribution is -2.56. The Kier molecular flexibility index (Phi) is 4.60. The summed E-state index contributed by atoms with van der Waals surface area (Å²) in [5.74, 6) is 1.18. The number of thiophene rings is 1. The Balaban J connectivity index is 1.79. The van der Waals surface area contributed by atoms with E-state index in [1.54, 1.807) is 17.7 Å². The number of nitrogens with one attached hydrogen (secondary N) is 1. The van der Waals surface area contributed by atoms with Crippen molar-refractivity contribution >= 4 is 33.3 Å². The van der Waals surface area contributed by atoms with E-state index in [1.807, 2.05) is 11.9 Å². The van der Waals surface area contributed by atoms with Crippen molar-refractivity contribution in [3.8, 4) is 0 Å². The van der Waals surface area contributed by atoms with Crippen molar-refractivity contribution in [1.82, 2.24) is 20.2 Å². The fraction of sp³-hybridized carbons (Fsp3) is 0.611. The predicted octanol–water partition coefficient (Wildman–Crippen LogP) is 2.17. The average Bonchev–Trinajstić information content (AvgIpc) is 3.02. The van der Waals surface area contributed by atoms with Crippen LogP contribution in [-0.2, 0) is 17.8 Å². The summed E-state index contributed by atoms with van der Waals surface area (Å²) in [4.78, 5) is 28.5. The number of rotatable bonds is 4. The number of fused-ring (bicyclic) bond motifs is 3. The number of likely N-dealkylation sites (N-methyl/N-ethyl adjacent to an activating group) is 1. The first-order valence-electron chi connectivity index (χ1n) is 9.18. The van der Waals surface area contributed by atoms with E-state index in [2.05, 4.69) is 27.1 Å². The number of carbonyl (C=O) groups excluding carboxylic acids is 1. The molecule has 0 spiro atoms. The highest BCUT2D eigenvalue weighted by atomic mass is 32.1. The fourth-order valence-corrected chi connectivity index (χ4v) is 5.05. The smallest absolute Gasteiger partial charge is 0.245 e. The zero-order valence-corrected chi connectivity index (χ0v) is 15.7. The molecule has 25 heavy (non-hydrogen) atoms. The van der Waals surface area contributed by atoms with Crippen LogP contribution in [0.3, 0.4) is 0 Å². The Bertz CT molecular complexity index is 789. The number of hydrogen-bond donors (Lipinski definition) is 1. The molecule has 1 atom stereocenters. The lowest BCUT2D eigenvalue weighted by molar-refractivity contribution is -0.133. The molecule has 2 aliphatic rings. The minimum absolute atomic E-state index is 0.103. The molecular weight excluding hydrogens is 334 g/mol. The second-order valence-electron chi connectivity index (χ2n) is 6.92. The van der Waals surface area contributed by atoms with Gasteiger partial charge < -0.3 is 15.1 Å². The van der Waals surface area contributed by atoms with Gasteiger partial charge in [0.15, 0.2) is 0 Å². The van der Waals surface area contributed by atoms with Gasteiger partial charge in [-0.25, -0.2) is 9.97 Å². The normalized spacial score (nSPS) is 21.0. The SMILES string of the molecule is CCCC[C@@H]1C(=O)N(C)CCN1c1ncnc2sc3c(c12)CCNC3. The molecule has 0 saturated carbocycles. The Labute approximate surface area is 152 Å². The first kappa shape index (κ1) is 16.7. The topological polar surface area (TPSA) is 61.4 Å². The lowest BCUT2D eigenvalue weighted by Gasteiger charge is -2.40. The quantitative estimate of drug-likeness (QED) is 0.907. The van der Waals surface area contributed by atoms with Crippen LogP contribution < -0.4 is 10.2 Å². The van der Waals surface area contributed by atoms with Crippen LogP contribution in [0.2, 0.25) is 0 Å². The maximum Gasteiger partial charge on any atom is 0.245 e. The van der Waals surface area contributed by atoms with Crippen molar-refractivity contribution in [2.75, 3.05) is 31.6 Å². The van der Waals surface area contributed by atoms with Gasteiger partial charge in [-0.2, -0.15) is 0 Å². The largest absolute Gasteiger partial charge is 0.342 e. The Morgan fingerprint density at radius 1 is 1.36 bits per heavy atom. The molecule has 134 valence electrons. The van der Waals surface area contributed by atoms with Crippen molar-refractivity contribution in [3.63, 3.8) is 0 Å². The Morgan fingerprint density at radius 2 is 2.24 bits per heavy atom. The summed E-state index contributed by atoms with van der Waals surface area (Å²) < 4.78 is 0. The maximum absolute atomic E-state index is 12.8. The van der Waals surface area contributed by atoms with Crippen LogP contribution in [0.1, 0.15) is 36.6 Å². The molecule has 0 unspecified atom stereocenters. The van der Waals surface area contributed by atoms with Gasteiger partial charge in [0, 0.05) is 31.6 Å². The maximum atomic E-state index is 12.8. The van der Waals surface area contributed by atoms with Gasteiger partial charge in [0.2, 0.25) is 5.91 Å². The molecule has 1 saturated heterocycles. The molecule has 1 N–H and O–H groups in total. The van der Waals surface area contributed by atoms with Gasteiger partial charge in [-0.05, 0) is 24.9 Å². The van der Waals surface area contributed by atoms with Gasteiger partial charge in [-0.15, -0.1) is 11.3 Å². The van der Waals surface area contributed by atoms with E-state index in [9.17, 15) is 4.79 Å². The highest BCUT2D eigenvalue weighted by molar-refractivity contribution is 7.19. The van der Waals surface area contributed by atoms with Gasteiger partial charge >= 0.3 is 0 Å². The zero-order valence-electron chi connectivity index (χ0n) is 14.9. The van der Waals surface area contributed by atoms with Gasteiger partial charge in [0.1, 0.15) is 23.0 Å². The molecule has 2 aromatic heterocycles. The number of amides is 1. The van der Waals surface area contributed by atoms with Crippen LogP contribution in [0.15, 0.2) is 6.33 Å². The number of aromatic nitrogens is 2. The Hall–Kier alpha value is -1.73. The highest BCUT2D eigenvalue weighted by Crippen LogP contribution is 2.38. The summed E-state index contributed by atoms with van der Waals surface area (Å²) in [5, 5.41) is 4.62. The van der Waals surface area contributed by atoms with Gasteiger partial charge in [-0.3, -0.25) is 4.79 Å². The molecule has 0 radical (unpaired) electrons. The predicted molar refractivity (Wildman–Crippen MR) is 101 cm³/mol.